The van der Waals surface area contributed by atoms with Gasteiger partial charge >= 0.3 is 0 Å². The lowest BCUT2D eigenvalue weighted by Gasteiger charge is -2.18. The lowest BCUT2D eigenvalue weighted by Crippen LogP contribution is -2.27. The fraction of sp³-hybridized carbons (Fsp3) is 0.429. The van der Waals surface area contributed by atoms with Gasteiger partial charge in [-0.25, -0.2) is 8.42 Å². The van der Waals surface area contributed by atoms with Gasteiger partial charge in [-0.2, -0.15) is 0 Å². The lowest BCUT2D eigenvalue weighted by atomic mass is 10.1. The molecule has 20 heavy (non-hydrogen) atoms. The Morgan fingerprint density at radius 2 is 2.20 bits per heavy atom. The summed E-state index contributed by atoms with van der Waals surface area (Å²) in [5.41, 5.74) is 2.16. The van der Waals surface area contributed by atoms with Gasteiger partial charge < -0.3 is 10.1 Å². The van der Waals surface area contributed by atoms with E-state index in [0.717, 1.165) is 21.4 Å². The number of nitrogens with one attached hydrogen (secondary N) is 1. The van der Waals surface area contributed by atoms with Gasteiger partial charge in [-0.05, 0) is 29.8 Å². The molecule has 0 spiro atoms. The third-order valence-electron chi connectivity index (χ3n) is 3.13. The second kappa shape index (κ2) is 6.74. The lowest BCUT2D eigenvalue weighted by molar-refractivity contribution is 0.343. The fourth-order valence-electron chi connectivity index (χ4n) is 1.92. The molecule has 6 heteroatoms. The molecule has 1 aliphatic rings. The van der Waals surface area contributed by atoms with Gasteiger partial charge in [-0.15, -0.1) is 0 Å². The van der Waals surface area contributed by atoms with E-state index in [9.17, 15) is 8.42 Å². The molecule has 0 aromatic heterocycles. The first-order valence-electron chi connectivity index (χ1n) is 6.53. The first-order chi connectivity index (χ1) is 9.50. The quantitative estimate of drug-likeness (QED) is 0.791. The molecule has 0 bridgehead atoms. The Kier molecular flexibility index (Phi) is 5.23. The summed E-state index contributed by atoms with van der Waals surface area (Å²) in [7, 11) is -2.90. The van der Waals surface area contributed by atoms with Gasteiger partial charge in [0.05, 0.1) is 5.75 Å². The highest BCUT2D eigenvalue weighted by molar-refractivity contribution is 9.10. The van der Waals surface area contributed by atoms with E-state index >= 15 is 0 Å². The SMILES string of the molecule is CCS(=O)(=O)CCNCC1=Cc2cc(Br)ccc2OC1. The molecule has 1 aromatic carbocycles. The van der Waals surface area contributed by atoms with Gasteiger partial charge in [0.15, 0.2) is 9.84 Å². The van der Waals surface area contributed by atoms with Crippen LogP contribution in [0.2, 0.25) is 0 Å². The molecule has 110 valence electrons. The topological polar surface area (TPSA) is 55.4 Å². The number of ether oxygens (including phenoxy) is 1. The van der Waals surface area contributed by atoms with Gasteiger partial charge in [-0.3, -0.25) is 0 Å². The molecular formula is C14H18BrNO3S. The van der Waals surface area contributed by atoms with E-state index in [1.54, 1.807) is 6.92 Å². The van der Waals surface area contributed by atoms with Crippen LogP contribution >= 0.6 is 15.9 Å². The second-order valence-electron chi connectivity index (χ2n) is 4.69. The van der Waals surface area contributed by atoms with E-state index in [-0.39, 0.29) is 11.5 Å². The number of rotatable bonds is 6. The maximum absolute atomic E-state index is 11.4. The minimum absolute atomic E-state index is 0.180. The summed E-state index contributed by atoms with van der Waals surface area (Å²) in [6, 6.07) is 5.90. The van der Waals surface area contributed by atoms with E-state index < -0.39 is 9.84 Å². The maximum Gasteiger partial charge on any atom is 0.151 e. The van der Waals surface area contributed by atoms with Crippen molar-refractivity contribution in [3.05, 3.63) is 33.8 Å². The molecule has 1 aromatic rings. The maximum atomic E-state index is 11.4. The monoisotopic (exact) mass is 359 g/mol. The van der Waals surface area contributed by atoms with Crippen molar-refractivity contribution < 1.29 is 13.2 Å². The number of benzene rings is 1. The predicted octanol–water partition coefficient (Wildman–Crippen LogP) is 2.25. The number of fused-ring (bicyclic) bond motifs is 1. The number of hydrogen-bond acceptors (Lipinski definition) is 4. The molecule has 0 aliphatic carbocycles. The summed E-state index contributed by atoms with van der Waals surface area (Å²) in [5.74, 6) is 1.26. The molecule has 1 aliphatic heterocycles. The van der Waals surface area contributed by atoms with Crippen molar-refractivity contribution in [1.82, 2.24) is 5.32 Å². The summed E-state index contributed by atoms with van der Waals surface area (Å²) in [6.07, 6.45) is 2.09. The first-order valence-corrected chi connectivity index (χ1v) is 9.14. The van der Waals surface area contributed by atoms with Gasteiger partial charge in [0.2, 0.25) is 0 Å². The third-order valence-corrected chi connectivity index (χ3v) is 5.33. The van der Waals surface area contributed by atoms with E-state index in [1.165, 1.54) is 0 Å². The van der Waals surface area contributed by atoms with Crippen LogP contribution in [0.15, 0.2) is 28.2 Å². The predicted molar refractivity (Wildman–Crippen MR) is 84.8 cm³/mol. The molecule has 0 saturated heterocycles. The first kappa shape index (κ1) is 15.5. The van der Waals surface area contributed by atoms with Crippen LogP contribution in [0.4, 0.5) is 0 Å². The molecule has 0 saturated carbocycles. The van der Waals surface area contributed by atoms with Crippen LogP contribution in [0, 0.1) is 0 Å². The molecule has 0 radical (unpaired) electrons. The molecule has 1 N–H and O–H groups in total. The Morgan fingerprint density at radius 1 is 1.40 bits per heavy atom. The molecule has 0 unspecified atom stereocenters. The summed E-state index contributed by atoms with van der Waals surface area (Å²) >= 11 is 3.44. The number of halogens is 1. The van der Waals surface area contributed by atoms with Crippen molar-refractivity contribution in [1.29, 1.82) is 0 Å². The van der Waals surface area contributed by atoms with E-state index in [0.29, 0.717) is 19.7 Å². The largest absolute Gasteiger partial charge is 0.489 e. The normalized spacial score (nSPS) is 14.4. The summed E-state index contributed by atoms with van der Waals surface area (Å²) in [6.45, 7) is 3.33. The Bertz CT molecular complexity index is 611. The van der Waals surface area contributed by atoms with Crippen LogP contribution in [0.5, 0.6) is 5.75 Å². The fourth-order valence-corrected chi connectivity index (χ4v) is 3.04. The van der Waals surface area contributed by atoms with Crippen molar-refractivity contribution in [3.63, 3.8) is 0 Å². The van der Waals surface area contributed by atoms with E-state index in [1.807, 2.05) is 18.2 Å². The molecule has 0 amide bonds. The second-order valence-corrected chi connectivity index (χ2v) is 8.07. The summed E-state index contributed by atoms with van der Waals surface area (Å²) in [5, 5.41) is 3.15. The van der Waals surface area contributed by atoms with Crippen LogP contribution in [-0.4, -0.2) is 39.6 Å². The van der Waals surface area contributed by atoms with Crippen LogP contribution in [0.3, 0.4) is 0 Å². The van der Waals surface area contributed by atoms with E-state index in [2.05, 4.69) is 27.3 Å². The van der Waals surface area contributed by atoms with Crippen LogP contribution in [0.1, 0.15) is 12.5 Å². The Hall–Kier alpha value is -0.850. The highest BCUT2D eigenvalue weighted by Gasteiger charge is 2.12. The standard InChI is InChI=1S/C14H18BrNO3S/c1-2-20(17,18)6-5-16-9-11-7-12-8-13(15)3-4-14(12)19-10-11/h3-4,7-8,16H,2,5-6,9-10H2,1H3. The zero-order valence-corrected chi connectivity index (χ0v) is 13.8. The zero-order valence-electron chi connectivity index (χ0n) is 11.4. The van der Waals surface area contributed by atoms with Crippen molar-refractivity contribution >= 4 is 31.8 Å². The van der Waals surface area contributed by atoms with Crippen molar-refractivity contribution in [2.24, 2.45) is 0 Å². The summed E-state index contributed by atoms with van der Waals surface area (Å²) in [4.78, 5) is 0. The minimum Gasteiger partial charge on any atom is -0.489 e. The van der Waals surface area contributed by atoms with Crippen molar-refractivity contribution in [3.8, 4) is 5.75 Å². The van der Waals surface area contributed by atoms with Crippen LogP contribution in [-0.2, 0) is 9.84 Å². The minimum atomic E-state index is -2.90. The van der Waals surface area contributed by atoms with Crippen LogP contribution in [0.25, 0.3) is 6.08 Å². The molecule has 1 heterocycles. The smallest absolute Gasteiger partial charge is 0.151 e. The molecule has 4 nitrogen and oxygen atoms in total. The Morgan fingerprint density at radius 3 is 2.95 bits per heavy atom. The van der Waals surface area contributed by atoms with Gasteiger partial charge in [-0.1, -0.05) is 22.9 Å². The zero-order chi connectivity index (χ0) is 14.6. The molecule has 0 atom stereocenters. The highest BCUT2D eigenvalue weighted by Crippen LogP contribution is 2.28. The Labute approximate surface area is 128 Å². The number of sulfone groups is 1. The van der Waals surface area contributed by atoms with Gasteiger partial charge in [0.25, 0.3) is 0 Å². The number of hydrogen-bond donors (Lipinski definition) is 1. The Balaban J connectivity index is 1.89. The van der Waals surface area contributed by atoms with Crippen LogP contribution < -0.4 is 10.1 Å². The van der Waals surface area contributed by atoms with Gasteiger partial charge in [0.1, 0.15) is 12.4 Å². The van der Waals surface area contributed by atoms with Crippen molar-refractivity contribution in [2.45, 2.75) is 6.92 Å². The van der Waals surface area contributed by atoms with Gasteiger partial charge in [0, 0.05) is 28.9 Å². The third kappa shape index (κ3) is 4.33. The van der Waals surface area contributed by atoms with Crippen molar-refractivity contribution in [2.75, 3.05) is 31.2 Å². The summed E-state index contributed by atoms with van der Waals surface area (Å²) < 4.78 is 29.4. The highest BCUT2D eigenvalue weighted by atomic mass is 79.9. The molecule has 0 fully saturated rings. The molecule has 2 rings (SSSR count). The van der Waals surface area contributed by atoms with E-state index in [4.69, 9.17) is 4.74 Å². The average Bonchev–Trinajstić information content (AvgIpc) is 2.43. The average molecular weight is 360 g/mol. The molecular weight excluding hydrogens is 342 g/mol.